The summed E-state index contributed by atoms with van der Waals surface area (Å²) in [6.07, 6.45) is 2.43. The molecule has 1 aromatic heterocycles. The zero-order valence-corrected chi connectivity index (χ0v) is 12.1. The summed E-state index contributed by atoms with van der Waals surface area (Å²) in [5.74, 6) is 4.73. The number of oxazole rings is 1. The van der Waals surface area contributed by atoms with Gasteiger partial charge in [-0.15, -0.1) is 5.54 Å². The van der Waals surface area contributed by atoms with Gasteiger partial charge in [0, 0.05) is 11.5 Å². The Morgan fingerprint density at radius 1 is 1.28 bits per heavy atom. The molecule has 1 heterocycles. The van der Waals surface area contributed by atoms with E-state index in [0.29, 0.717) is 5.92 Å². The van der Waals surface area contributed by atoms with E-state index >= 15 is 0 Å². The van der Waals surface area contributed by atoms with Crippen LogP contribution in [0.4, 0.5) is 0 Å². The number of rotatable bonds is 1. The highest BCUT2D eigenvalue weighted by Gasteiger charge is 2.28. The Morgan fingerprint density at radius 2 is 2.06 bits per heavy atom. The van der Waals surface area contributed by atoms with Crippen LogP contribution in [0.1, 0.15) is 30.2 Å². The van der Waals surface area contributed by atoms with Gasteiger partial charge in [0.1, 0.15) is 13.6 Å². The molecular weight excluding hydrogens is 238 g/mol. The summed E-state index contributed by atoms with van der Waals surface area (Å²) >= 11 is 0. The molecular formula is C15H17NOSi. The van der Waals surface area contributed by atoms with Gasteiger partial charge in [0.25, 0.3) is 0 Å². The fourth-order valence-electron chi connectivity index (χ4n) is 1.79. The largest absolute Gasteiger partial charge is 0.440 e. The maximum Gasteiger partial charge on any atom is 0.198 e. The maximum absolute atomic E-state index is 5.74. The second-order valence-electron chi connectivity index (χ2n) is 6.01. The lowest BCUT2D eigenvalue weighted by Crippen LogP contribution is -2.16. The summed E-state index contributed by atoms with van der Waals surface area (Å²) in [6, 6.07) is 6.05. The molecule has 0 radical (unpaired) electrons. The number of hydrogen-bond donors (Lipinski definition) is 0. The van der Waals surface area contributed by atoms with E-state index in [-0.39, 0.29) is 0 Å². The summed E-state index contributed by atoms with van der Waals surface area (Å²) < 4.78 is 5.74. The van der Waals surface area contributed by atoms with E-state index in [4.69, 9.17) is 4.42 Å². The fraction of sp³-hybridized carbons (Fsp3) is 0.400. The molecule has 2 nitrogen and oxygen atoms in total. The van der Waals surface area contributed by atoms with Crippen molar-refractivity contribution in [3.05, 3.63) is 29.7 Å². The van der Waals surface area contributed by atoms with Gasteiger partial charge in [-0.25, -0.2) is 4.98 Å². The first-order valence-electron chi connectivity index (χ1n) is 6.45. The minimum absolute atomic E-state index is 0.564. The molecule has 0 amide bonds. The second kappa shape index (κ2) is 3.99. The second-order valence-corrected chi connectivity index (χ2v) is 10.8. The van der Waals surface area contributed by atoms with Crippen molar-refractivity contribution in [1.82, 2.24) is 4.98 Å². The Morgan fingerprint density at radius 3 is 2.72 bits per heavy atom. The number of fused-ring (bicyclic) bond motifs is 1. The van der Waals surface area contributed by atoms with Gasteiger partial charge in [0.15, 0.2) is 11.5 Å². The van der Waals surface area contributed by atoms with Crippen LogP contribution in [0, 0.1) is 11.5 Å². The van der Waals surface area contributed by atoms with Crippen LogP contribution in [0.5, 0.6) is 0 Å². The molecule has 1 aromatic carbocycles. The van der Waals surface area contributed by atoms with E-state index in [1.165, 1.54) is 12.8 Å². The monoisotopic (exact) mass is 255 g/mol. The van der Waals surface area contributed by atoms with Crippen molar-refractivity contribution in [2.75, 3.05) is 0 Å². The predicted octanol–water partition coefficient (Wildman–Crippen LogP) is 3.93. The summed E-state index contributed by atoms with van der Waals surface area (Å²) in [5, 5.41) is 0. The van der Waals surface area contributed by atoms with Crippen LogP contribution < -0.4 is 0 Å². The van der Waals surface area contributed by atoms with Crippen molar-refractivity contribution in [1.29, 1.82) is 0 Å². The van der Waals surface area contributed by atoms with Crippen molar-refractivity contribution in [3.63, 3.8) is 0 Å². The molecule has 1 aliphatic carbocycles. The maximum atomic E-state index is 5.74. The van der Waals surface area contributed by atoms with Gasteiger partial charge in [-0.1, -0.05) is 25.6 Å². The highest BCUT2D eigenvalue weighted by atomic mass is 28.3. The summed E-state index contributed by atoms with van der Waals surface area (Å²) in [6.45, 7) is 6.75. The molecule has 1 fully saturated rings. The zero-order chi connectivity index (χ0) is 12.8. The normalized spacial score (nSPS) is 15.5. The topological polar surface area (TPSA) is 26.0 Å². The first-order valence-corrected chi connectivity index (χ1v) is 9.95. The van der Waals surface area contributed by atoms with E-state index in [1.807, 2.05) is 18.2 Å². The van der Waals surface area contributed by atoms with Crippen molar-refractivity contribution < 1.29 is 4.42 Å². The molecule has 0 saturated heterocycles. The number of aromatic nitrogens is 1. The fourth-order valence-corrected chi connectivity index (χ4v) is 2.31. The summed E-state index contributed by atoms with van der Waals surface area (Å²) in [7, 11) is -1.32. The smallest absolute Gasteiger partial charge is 0.198 e. The van der Waals surface area contributed by atoms with Gasteiger partial charge in [0.2, 0.25) is 0 Å². The molecule has 2 aromatic rings. The molecule has 0 aliphatic heterocycles. The Labute approximate surface area is 108 Å². The van der Waals surface area contributed by atoms with E-state index in [0.717, 1.165) is 22.6 Å². The Balaban J connectivity index is 1.96. The molecule has 1 aliphatic rings. The average molecular weight is 255 g/mol. The van der Waals surface area contributed by atoms with Crippen molar-refractivity contribution in [3.8, 4) is 11.5 Å². The van der Waals surface area contributed by atoms with Crippen LogP contribution >= 0.6 is 0 Å². The molecule has 92 valence electrons. The van der Waals surface area contributed by atoms with Crippen LogP contribution in [0.15, 0.2) is 22.6 Å². The van der Waals surface area contributed by atoms with E-state index in [1.54, 1.807) is 0 Å². The number of hydrogen-bond acceptors (Lipinski definition) is 2. The first-order chi connectivity index (χ1) is 8.51. The first kappa shape index (κ1) is 11.6. The third-order valence-electron chi connectivity index (χ3n) is 2.91. The van der Waals surface area contributed by atoms with E-state index < -0.39 is 8.07 Å². The van der Waals surface area contributed by atoms with Crippen LogP contribution in [0.2, 0.25) is 19.6 Å². The molecule has 3 heteroatoms. The molecule has 1 saturated carbocycles. The van der Waals surface area contributed by atoms with Crippen LogP contribution in [-0.2, 0) is 0 Å². The van der Waals surface area contributed by atoms with Crippen LogP contribution in [0.3, 0.4) is 0 Å². The van der Waals surface area contributed by atoms with Gasteiger partial charge < -0.3 is 4.42 Å². The summed E-state index contributed by atoms with van der Waals surface area (Å²) in [4.78, 5) is 4.56. The Bertz CT molecular complexity index is 650. The SMILES string of the molecule is C[Si](C)(C)C#Cc1ccc2oc(C3CC3)nc2c1. The molecule has 0 spiro atoms. The lowest BCUT2D eigenvalue weighted by Gasteiger charge is -2.03. The van der Waals surface area contributed by atoms with Crippen LogP contribution in [-0.4, -0.2) is 13.1 Å². The number of nitrogens with zero attached hydrogens (tertiary/aromatic N) is 1. The van der Waals surface area contributed by atoms with E-state index in [2.05, 4.69) is 36.1 Å². The Hall–Kier alpha value is -1.53. The molecule has 0 N–H and O–H groups in total. The predicted molar refractivity (Wildman–Crippen MR) is 76.2 cm³/mol. The highest BCUT2D eigenvalue weighted by Crippen LogP contribution is 2.40. The highest BCUT2D eigenvalue weighted by molar-refractivity contribution is 6.83. The Kier molecular flexibility index (Phi) is 2.56. The third kappa shape index (κ3) is 2.49. The average Bonchev–Trinajstić information content (AvgIpc) is 3.05. The lowest BCUT2D eigenvalue weighted by atomic mass is 10.2. The minimum Gasteiger partial charge on any atom is -0.440 e. The third-order valence-corrected chi connectivity index (χ3v) is 3.79. The van der Waals surface area contributed by atoms with Gasteiger partial charge in [-0.05, 0) is 31.0 Å². The van der Waals surface area contributed by atoms with Gasteiger partial charge in [-0.2, -0.15) is 0 Å². The van der Waals surface area contributed by atoms with Gasteiger partial charge in [0.05, 0.1) is 0 Å². The number of benzene rings is 1. The molecule has 0 bridgehead atoms. The molecule has 0 unspecified atom stereocenters. The van der Waals surface area contributed by atoms with Crippen LogP contribution in [0.25, 0.3) is 11.1 Å². The zero-order valence-electron chi connectivity index (χ0n) is 11.1. The standard InChI is InChI=1S/C15H17NOSi/c1-18(2,3)9-8-11-4-7-14-13(10-11)16-15(17-14)12-5-6-12/h4,7,10,12H,5-6H2,1-3H3. The van der Waals surface area contributed by atoms with E-state index in [9.17, 15) is 0 Å². The molecule has 3 rings (SSSR count). The van der Waals surface area contributed by atoms with Crippen molar-refractivity contribution in [2.45, 2.75) is 38.4 Å². The van der Waals surface area contributed by atoms with Crippen molar-refractivity contribution in [2.24, 2.45) is 0 Å². The minimum atomic E-state index is -1.32. The summed E-state index contributed by atoms with van der Waals surface area (Å²) in [5.41, 5.74) is 6.25. The quantitative estimate of drug-likeness (QED) is 0.570. The lowest BCUT2D eigenvalue weighted by molar-refractivity contribution is 0.533. The molecule has 18 heavy (non-hydrogen) atoms. The van der Waals surface area contributed by atoms with Gasteiger partial charge in [-0.3, -0.25) is 0 Å². The van der Waals surface area contributed by atoms with Gasteiger partial charge >= 0.3 is 0 Å². The molecule has 0 atom stereocenters. The van der Waals surface area contributed by atoms with Crippen molar-refractivity contribution >= 4 is 19.2 Å².